The van der Waals surface area contributed by atoms with Crippen molar-refractivity contribution < 1.29 is 4.79 Å². The minimum absolute atomic E-state index is 0.000741. The number of hydrogen-bond donors (Lipinski definition) is 0. The monoisotopic (exact) mass is 208 g/mol. The average Bonchev–Trinajstić information content (AvgIpc) is 2.37. The lowest BCUT2D eigenvalue weighted by Gasteiger charge is -2.20. The van der Waals surface area contributed by atoms with Crippen LogP contribution in [0.2, 0.25) is 0 Å². The predicted octanol–water partition coefficient (Wildman–Crippen LogP) is 3.00. The molecule has 1 aromatic carbocycles. The topological polar surface area (TPSA) is 17.1 Å². The van der Waals surface area contributed by atoms with Gasteiger partial charge in [-0.3, -0.25) is 0 Å². The zero-order valence-electron chi connectivity index (χ0n) is 8.38. The molecule has 1 unspecified atom stereocenters. The van der Waals surface area contributed by atoms with Crippen molar-refractivity contribution in [3.8, 4) is 0 Å². The van der Waals surface area contributed by atoms with E-state index < -0.39 is 4.87 Å². The third-order valence-corrected chi connectivity index (χ3v) is 3.42. The van der Waals surface area contributed by atoms with Gasteiger partial charge >= 0.3 is 0 Å². The van der Waals surface area contributed by atoms with Crippen molar-refractivity contribution in [3.63, 3.8) is 0 Å². The van der Waals surface area contributed by atoms with Gasteiger partial charge in [0.1, 0.15) is 11.2 Å². The Bertz CT molecular complexity index is 384. The van der Waals surface area contributed by atoms with Crippen molar-refractivity contribution >= 4 is 17.9 Å². The van der Waals surface area contributed by atoms with Crippen LogP contribution in [0.3, 0.4) is 0 Å². The molecule has 0 saturated heterocycles. The van der Waals surface area contributed by atoms with Crippen LogP contribution in [0.4, 0.5) is 0 Å². The normalized spacial score (nSPS) is 28.5. The quantitative estimate of drug-likeness (QED) is 0.512. The number of aldehydes is 1. The minimum atomic E-state index is -0.805. The lowest BCUT2D eigenvalue weighted by molar-refractivity contribution is -0.110. The van der Waals surface area contributed by atoms with Gasteiger partial charge in [-0.2, -0.15) is 0 Å². The van der Waals surface area contributed by atoms with Gasteiger partial charge in [0.15, 0.2) is 0 Å². The fourth-order valence-corrected chi connectivity index (χ4v) is 2.87. The average molecular weight is 209 g/mol. The summed E-state index contributed by atoms with van der Waals surface area (Å²) < 4.78 is 0. The summed E-state index contributed by atoms with van der Waals surface area (Å²) in [6.45, 7) is 4.25. The van der Waals surface area contributed by atoms with E-state index in [4.69, 9.17) is 11.6 Å². The van der Waals surface area contributed by atoms with E-state index in [-0.39, 0.29) is 5.41 Å². The van der Waals surface area contributed by atoms with E-state index in [9.17, 15) is 4.79 Å². The van der Waals surface area contributed by atoms with Gasteiger partial charge in [-0.25, -0.2) is 0 Å². The first kappa shape index (κ1) is 9.72. The standard InChI is InChI=1S/C12H13ClO/c1-11(2)7-12(13,8-14)10-6-4-3-5-9(10)11/h3-6,8H,7H2,1-2H3. The van der Waals surface area contributed by atoms with Crippen molar-refractivity contribution in [2.24, 2.45) is 0 Å². The van der Waals surface area contributed by atoms with Gasteiger partial charge in [-0.05, 0) is 23.0 Å². The van der Waals surface area contributed by atoms with Crippen molar-refractivity contribution in [2.75, 3.05) is 0 Å². The third-order valence-electron chi connectivity index (χ3n) is 2.99. The second-order valence-corrected chi connectivity index (χ2v) is 5.26. The van der Waals surface area contributed by atoms with Crippen LogP contribution >= 0.6 is 11.6 Å². The zero-order valence-corrected chi connectivity index (χ0v) is 9.14. The summed E-state index contributed by atoms with van der Waals surface area (Å²) in [5.74, 6) is 0. The summed E-state index contributed by atoms with van der Waals surface area (Å²) in [6, 6.07) is 7.93. The number of alkyl halides is 1. The van der Waals surface area contributed by atoms with E-state index >= 15 is 0 Å². The lowest BCUT2D eigenvalue weighted by atomic mass is 9.86. The van der Waals surface area contributed by atoms with E-state index in [1.165, 1.54) is 5.56 Å². The molecule has 74 valence electrons. The van der Waals surface area contributed by atoms with Gasteiger partial charge in [0.25, 0.3) is 0 Å². The fourth-order valence-electron chi connectivity index (χ4n) is 2.37. The largest absolute Gasteiger partial charge is 0.301 e. The second kappa shape index (κ2) is 2.83. The molecule has 0 aromatic heterocycles. The highest BCUT2D eigenvalue weighted by molar-refractivity contribution is 6.32. The number of benzene rings is 1. The van der Waals surface area contributed by atoms with E-state index in [2.05, 4.69) is 19.9 Å². The molecule has 0 radical (unpaired) electrons. The summed E-state index contributed by atoms with van der Waals surface area (Å²) in [7, 11) is 0. The molecule has 1 aliphatic rings. The van der Waals surface area contributed by atoms with Crippen LogP contribution in [0.5, 0.6) is 0 Å². The lowest BCUT2D eigenvalue weighted by Crippen LogP contribution is -2.20. The van der Waals surface area contributed by atoms with E-state index in [0.717, 1.165) is 11.8 Å². The summed E-state index contributed by atoms with van der Waals surface area (Å²) in [6.07, 6.45) is 1.55. The predicted molar refractivity (Wildman–Crippen MR) is 57.7 cm³/mol. The van der Waals surface area contributed by atoms with Crippen LogP contribution < -0.4 is 0 Å². The van der Waals surface area contributed by atoms with Gasteiger partial charge in [0, 0.05) is 0 Å². The highest BCUT2D eigenvalue weighted by Crippen LogP contribution is 2.50. The van der Waals surface area contributed by atoms with Gasteiger partial charge in [-0.15, -0.1) is 11.6 Å². The van der Waals surface area contributed by atoms with Crippen LogP contribution in [-0.4, -0.2) is 6.29 Å². The molecule has 1 aromatic rings. The minimum Gasteiger partial charge on any atom is -0.301 e. The van der Waals surface area contributed by atoms with E-state index in [0.29, 0.717) is 6.42 Å². The Kier molecular flexibility index (Phi) is 1.97. The summed E-state index contributed by atoms with van der Waals surface area (Å²) in [5.41, 5.74) is 2.17. The molecule has 0 amide bonds. The Hall–Kier alpha value is -0.820. The molecule has 0 N–H and O–H groups in total. The number of carbonyl (C=O) groups is 1. The Balaban J connectivity index is 2.66. The first-order valence-electron chi connectivity index (χ1n) is 4.75. The molecule has 2 heteroatoms. The first-order valence-corrected chi connectivity index (χ1v) is 5.13. The molecule has 0 aliphatic heterocycles. The molecule has 1 atom stereocenters. The van der Waals surface area contributed by atoms with Crippen LogP contribution in [0, 0.1) is 0 Å². The van der Waals surface area contributed by atoms with Crippen LogP contribution in [0.25, 0.3) is 0 Å². The summed E-state index contributed by atoms with van der Waals surface area (Å²) in [4.78, 5) is 10.2. The number of carbonyl (C=O) groups excluding carboxylic acids is 1. The van der Waals surface area contributed by atoms with Gasteiger partial charge in [-0.1, -0.05) is 38.1 Å². The molecule has 0 heterocycles. The molecule has 0 spiro atoms. The number of halogens is 1. The van der Waals surface area contributed by atoms with Gasteiger partial charge < -0.3 is 4.79 Å². The van der Waals surface area contributed by atoms with Crippen LogP contribution in [0.1, 0.15) is 31.4 Å². The van der Waals surface area contributed by atoms with Crippen molar-refractivity contribution in [1.82, 2.24) is 0 Å². The Labute approximate surface area is 89.1 Å². The Morgan fingerprint density at radius 2 is 1.86 bits per heavy atom. The molecule has 1 aliphatic carbocycles. The van der Waals surface area contributed by atoms with Crippen LogP contribution in [-0.2, 0) is 15.1 Å². The highest BCUT2D eigenvalue weighted by Gasteiger charge is 2.46. The van der Waals surface area contributed by atoms with Crippen molar-refractivity contribution in [3.05, 3.63) is 35.4 Å². The maximum Gasteiger partial charge on any atom is 0.145 e. The molecule has 0 bridgehead atoms. The van der Waals surface area contributed by atoms with Crippen LogP contribution in [0.15, 0.2) is 24.3 Å². The highest BCUT2D eigenvalue weighted by atomic mass is 35.5. The molecule has 0 fully saturated rings. The van der Waals surface area contributed by atoms with E-state index in [1.807, 2.05) is 18.2 Å². The smallest absolute Gasteiger partial charge is 0.145 e. The second-order valence-electron chi connectivity index (χ2n) is 4.59. The molecule has 2 rings (SSSR count). The fraction of sp³-hybridized carbons (Fsp3) is 0.417. The SMILES string of the molecule is CC1(C)CC(Cl)(C=O)c2ccccc21. The van der Waals surface area contributed by atoms with Gasteiger partial charge in [0.05, 0.1) is 0 Å². The molecule has 0 saturated carbocycles. The van der Waals surface area contributed by atoms with Gasteiger partial charge in [0.2, 0.25) is 0 Å². The Morgan fingerprint density at radius 3 is 2.43 bits per heavy atom. The summed E-state index contributed by atoms with van der Waals surface area (Å²) in [5, 5.41) is 0. The molecular formula is C12H13ClO. The molecule has 14 heavy (non-hydrogen) atoms. The number of rotatable bonds is 1. The molecule has 1 nitrogen and oxygen atoms in total. The molecular weight excluding hydrogens is 196 g/mol. The zero-order chi connectivity index (χ0) is 10.4. The first-order chi connectivity index (χ1) is 6.49. The van der Waals surface area contributed by atoms with Crippen molar-refractivity contribution in [1.29, 1.82) is 0 Å². The number of hydrogen-bond acceptors (Lipinski definition) is 1. The Morgan fingerprint density at radius 1 is 1.29 bits per heavy atom. The summed E-state index contributed by atoms with van der Waals surface area (Å²) >= 11 is 6.30. The van der Waals surface area contributed by atoms with Crippen molar-refractivity contribution in [2.45, 2.75) is 30.6 Å². The maximum absolute atomic E-state index is 11.0. The third kappa shape index (κ3) is 1.19. The van der Waals surface area contributed by atoms with E-state index in [1.54, 1.807) is 0 Å². The maximum atomic E-state index is 11.0. The number of fused-ring (bicyclic) bond motifs is 1.